The Morgan fingerprint density at radius 1 is 1.20 bits per heavy atom. The van der Waals surface area contributed by atoms with Gasteiger partial charge < -0.3 is 4.42 Å². The zero-order valence-corrected chi connectivity index (χ0v) is 8.10. The molecule has 0 amide bonds. The van der Waals surface area contributed by atoms with Gasteiger partial charge in [-0.3, -0.25) is 4.79 Å². The molecule has 0 radical (unpaired) electrons. The number of carbonyl (C=O) groups excluding carboxylic acids is 1. The summed E-state index contributed by atoms with van der Waals surface area (Å²) in [5, 5.41) is 0.617. The lowest BCUT2D eigenvalue weighted by atomic mass is 10.2. The highest BCUT2D eigenvalue weighted by atomic mass is 16.4. The van der Waals surface area contributed by atoms with Crippen LogP contribution in [0.3, 0.4) is 0 Å². The van der Waals surface area contributed by atoms with Crippen LogP contribution < -0.4 is 16.3 Å². The lowest BCUT2D eigenvalue weighted by Crippen LogP contribution is -2.30. The van der Waals surface area contributed by atoms with E-state index >= 15 is 0 Å². The van der Waals surface area contributed by atoms with Gasteiger partial charge in [-0.25, -0.2) is 4.79 Å². The van der Waals surface area contributed by atoms with E-state index < -0.39 is 5.63 Å². The molecule has 1 heterocycles. The van der Waals surface area contributed by atoms with E-state index in [4.69, 9.17) is 4.42 Å². The molecule has 0 bridgehead atoms. The van der Waals surface area contributed by atoms with Gasteiger partial charge >= 0.3 is 5.63 Å². The maximum absolute atomic E-state index is 11.2. The van der Waals surface area contributed by atoms with Crippen molar-refractivity contribution in [2.75, 3.05) is 0 Å². The Hall–Kier alpha value is -2.16. The van der Waals surface area contributed by atoms with E-state index in [0.717, 1.165) is 0 Å². The van der Waals surface area contributed by atoms with E-state index in [1.807, 2.05) is 0 Å². The van der Waals surface area contributed by atoms with Crippen LogP contribution in [0.5, 0.6) is 0 Å². The Balaban J connectivity index is 3.76. The molecule has 0 saturated carbocycles. The van der Waals surface area contributed by atoms with Gasteiger partial charge in [0.2, 0.25) is 0 Å². The van der Waals surface area contributed by atoms with E-state index in [1.165, 1.54) is 12.1 Å². The van der Waals surface area contributed by atoms with Crippen molar-refractivity contribution in [3.05, 3.63) is 58.0 Å². The molecule has 0 atom stereocenters. The average Bonchev–Trinajstić information content (AvgIpc) is 2.22. The average molecular weight is 202 g/mol. The van der Waals surface area contributed by atoms with Crippen LogP contribution >= 0.6 is 0 Å². The van der Waals surface area contributed by atoms with Crippen molar-refractivity contribution in [3.8, 4) is 0 Å². The molecule has 0 fully saturated rings. The number of hydrogen-bond donors (Lipinski definition) is 0. The quantitative estimate of drug-likeness (QED) is 0.666. The summed E-state index contributed by atoms with van der Waals surface area (Å²) in [4.78, 5) is 21.7. The molecule has 0 aliphatic heterocycles. The second kappa shape index (κ2) is 4.91. The second-order valence-electron chi connectivity index (χ2n) is 2.73. The highest BCUT2D eigenvalue weighted by molar-refractivity contribution is 5.73. The van der Waals surface area contributed by atoms with Crippen molar-refractivity contribution in [1.29, 1.82) is 0 Å². The Morgan fingerprint density at radius 2 is 1.87 bits per heavy atom. The maximum Gasteiger partial charge on any atom is 0.346 e. The first-order valence-electron chi connectivity index (χ1n) is 4.27. The van der Waals surface area contributed by atoms with E-state index in [1.54, 1.807) is 18.2 Å². The van der Waals surface area contributed by atoms with Gasteiger partial charge in [0.05, 0.1) is 0 Å². The van der Waals surface area contributed by atoms with E-state index in [2.05, 4.69) is 13.2 Å². The molecular weight excluding hydrogens is 192 g/mol. The summed E-state index contributed by atoms with van der Waals surface area (Å²) in [6.07, 6.45) is 6.70. The minimum atomic E-state index is -0.653. The molecule has 1 rings (SSSR count). The van der Waals surface area contributed by atoms with Gasteiger partial charge in [0.15, 0.2) is 6.29 Å². The number of carbonyl (C=O) groups is 1. The first-order chi connectivity index (χ1) is 7.22. The Morgan fingerprint density at radius 3 is 2.40 bits per heavy atom. The van der Waals surface area contributed by atoms with E-state index in [0.29, 0.717) is 16.9 Å². The molecule has 1 aromatic rings. The Labute approximate surface area is 86.4 Å². The fourth-order valence-electron chi connectivity index (χ4n) is 1.09. The summed E-state index contributed by atoms with van der Waals surface area (Å²) in [6.45, 7) is 7.03. The number of allylic oxidation sites excluding steroid dienone is 2. The van der Waals surface area contributed by atoms with Gasteiger partial charge in [-0.05, 0) is 12.1 Å². The molecule has 3 heteroatoms. The molecule has 0 aliphatic carbocycles. The first kappa shape index (κ1) is 10.9. The summed E-state index contributed by atoms with van der Waals surface area (Å²) in [7, 11) is 0. The van der Waals surface area contributed by atoms with Crippen LogP contribution in [0.4, 0.5) is 0 Å². The minimum Gasteiger partial charge on any atom is -0.422 e. The molecule has 0 unspecified atom stereocenters. The highest BCUT2D eigenvalue weighted by Crippen LogP contribution is 1.78. The summed E-state index contributed by atoms with van der Waals surface area (Å²) >= 11 is 0. The van der Waals surface area contributed by atoms with Crippen molar-refractivity contribution in [3.63, 3.8) is 0 Å². The summed E-state index contributed by atoms with van der Waals surface area (Å²) < 4.78 is 4.93. The van der Waals surface area contributed by atoms with Gasteiger partial charge in [0.25, 0.3) is 0 Å². The van der Waals surface area contributed by atoms with Crippen LogP contribution in [0.2, 0.25) is 0 Å². The van der Waals surface area contributed by atoms with Gasteiger partial charge in [0.1, 0.15) is 11.0 Å². The summed E-state index contributed by atoms with van der Waals surface area (Å²) in [6, 6.07) is 1.45. The third-order valence-electron chi connectivity index (χ3n) is 1.73. The molecule has 76 valence electrons. The molecule has 0 N–H and O–H groups in total. The Kier molecular flexibility index (Phi) is 3.57. The zero-order chi connectivity index (χ0) is 11.3. The molecule has 0 spiro atoms. The maximum atomic E-state index is 11.2. The third-order valence-corrected chi connectivity index (χ3v) is 1.73. The predicted molar refractivity (Wildman–Crippen MR) is 58.9 cm³/mol. The molecule has 3 nitrogen and oxygen atoms in total. The number of rotatable bonds is 3. The van der Waals surface area contributed by atoms with Crippen molar-refractivity contribution in [2.45, 2.75) is 0 Å². The molecule has 0 saturated heterocycles. The van der Waals surface area contributed by atoms with Gasteiger partial charge in [0, 0.05) is 5.22 Å². The lowest BCUT2D eigenvalue weighted by Gasteiger charge is -1.90. The second-order valence-corrected chi connectivity index (χ2v) is 2.73. The van der Waals surface area contributed by atoms with E-state index in [-0.39, 0.29) is 5.56 Å². The molecule has 15 heavy (non-hydrogen) atoms. The van der Waals surface area contributed by atoms with Crippen molar-refractivity contribution in [2.24, 2.45) is 0 Å². The smallest absolute Gasteiger partial charge is 0.346 e. The molecule has 0 aromatic carbocycles. The van der Waals surface area contributed by atoms with Crippen molar-refractivity contribution < 1.29 is 9.21 Å². The molecule has 1 aromatic heterocycles. The largest absolute Gasteiger partial charge is 0.422 e. The third kappa shape index (κ3) is 2.40. The van der Waals surface area contributed by atoms with E-state index in [9.17, 15) is 9.59 Å². The summed E-state index contributed by atoms with van der Waals surface area (Å²) in [5.74, 6) is 0. The van der Waals surface area contributed by atoms with Crippen molar-refractivity contribution in [1.82, 2.24) is 0 Å². The number of hydrogen-bond acceptors (Lipinski definition) is 3. The monoisotopic (exact) mass is 202 g/mol. The van der Waals surface area contributed by atoms with Crippen molar-refractivity contribution >= 4 is 18.4 Å². The minimum absolute atomic E-state index is 0.00990. The zero-order valence-electron chi connectivity index (χ0n) is 8.10. The first-order valence-corrected chi connectivity index (χ1v) is 4.27. The fraction of sp³-hybridized carbons (Fsp3) is 0. The fourth-order valence-corrected chi connectivity index (χ4v) is 1.09. The molecular formula is C12H10O3. The van der Waals surface area contributed by atoms with Gasteiger partial charge in [-0.15, -0.1) is 0 Å². The van der Waals surface area contributed by atoms with Crippen LogP contribution in [-0.2, 0) is 0 Å². The Bertz CT molecular complexity index is 562. The number of aldehydes is 1. The van der Waals surface area contributed by atoms with Crippen LogP contribution in [0.1, 0.15) is 10.4 Å². The normalized spacial score (nSPS) is 12.5. The van der Waals surface area contributed by atoms with Gasteiger partial charge in [-0.1, -0.05) is 31.4 Å². The lowest BCUT2D eigenvalue weighted by molar-refractivity contribution is 0.111. The highest BCUT2D eigenvalue weighted by Gasteiger charge is 1.99. The topological polar surface area (TPSA) is 47.3 Å². The molecule has 0 aliphatic rings. The predicted octanol–water partition coefficient (Wildman–Crippen LogP) is 0.385. The standard InChI is InChI=1S/C12H10O3/c1-3-5-9-7-10(8-13)12(14)15-11(9)6-4-2/h3-8H,1-2H2/b9-5-,11-6+. The van der Waals surface area contributed by atoms with Gasteiger partial charge in [-0.2, -0.15) is 0 Å². The van der Waals surface area contributed by atoms with Crippen LogP contribution in [-0.4, -0.2) is 6.29 Å². The summed E-state index contributed by atoms with van der Waals surface area (Å²) in [5.41, 5.74) is -0.302. The van der Waals surface area contributed by atoms with Crippen LogP contribution in [0.25, 0.3) is 12.2 Å². The van der Waals surface area contributed by atoms with Crippen LogP contribution in [0.15, 0.2) is 40.6 Å². The SMILES string of the molecule is C=C/C=c1/cc(C=O)c(=O)o/c1=C/C=C. The van der Waals surface area contributed by atoms with Crippen LogP contribution in [0, 0.1) is 0 Å².